The molecule has 0 saturated carbocycles. The number of aliphatic hydroxyl groups is 1. The first-order valence-electron chi connectivity index (χ1n) is 6.69. The van der Waals surface area contributed by atoms with E-state index in [0.717, 1.165) is 12.2 Å². The first-order chi connectivity index (χ1) is 9.09. The monoisotopic (exact) mass is 281 g/mol. The van der Waals surface area contributed by atoms with Gasteiger partial charge in [-0.2, -0.15) is 0 Å². The van der Waals surface area contributed by atoms with Crippen LogP contribution in [-0.4, -0.2) is 41.4 Å². The van der Waals surface area contributed by atoms with E-state index in [9.17, 15) is 9.90 Å². The standard InChI is InChI=1S/C15H23NO2S/c1-13(17)10-11-16(2)15(18)9-6-12-19-14-7-4-3-5-8-14/h3-5,7-8,13,17H,6,9-12H2,1-2H3. The van der Waals surface area contributed by atoms with Crippen LogP contribution in [0.2, 0.25) is 0 Å². The van der Waals surface area contributed by atoms with Crippen LogP contribution in [0.3, 0.4) is 0 Å². The Bertz CT molecular complexity index is 368. The van der Waals surface area contributed by atoms with Crippen LogP contribution in [0.4, 0.5) is 0 Å². The maximum Gasteiger partial charge on any atom is 0.222 e. The van der Waals surface area contributed by atoms with Gasteiger partial charge in [0.05, 0.1) is 6.10 Å². The van der Waals surface area contributed by atoms with Crippen LogP contribution in [0.15, 0.2) is 35.2 Å². The SMILES string of the molecule is CC(O)CCN(C)C(=O)CCCSc1ccccc1. The number of nitrogens with zero attached hydrogens (tertiary/aromatic N) is 1. The Morgan fingerprint density at radius 3 is 2.68 bits per heavy atom. The molecule has 0 radical (unpaired) electrons. The minimum atomic E-state index is -0.344. The highest BCUT2D eigenvalue weighted by molar-refractivity contribution is 7.99. The number of hydrogen-bond donors (Lipinski definition) is 1. The van der Waals surface area contributed by atoms with Crippen LogP contribution in [-0.2, 0) is 4.79 Å². The molecule has 0 spiro atoms. The molecule has 1 aromatic rings. The molecule has 0 aliphatic rings. The summed E-state index contributed by atoms with van der Waals surface area (Å²) in [6.07, 6.45) is 1.76. The van der Waals surface area contributed by atoms with Crippen LogP contribution in [0.1, 0.15) is 26.2 Å². The molecule has 3 nitrogen and oxygen atoms in total. The molecule has 1 unspecified atom stereocenters. The van der Waals surface area contributed by atoms with E-state index >= 15 is 0 Å². The Morgan fingerprint density at radius 2 is 2.05 bits per heavy atom. The fourth-order valence-corrected chi connectivity index (χ4v) is 2.50. The molecule has 19 heavy (non-hydrogen) atoms. The molecule has 106 valence electrons. The molecule has 1 aromatic carbocycles. The minimum Gasteiger partial charge on any atom is -0.393 e. The third-order valence-electron chi connectivity index (χ3n) is 2.85. The molecule has 1 rings (SSSR count). The number of aliphatic hydroxyl groups excluding tert-OH is 1. The van der Waals surface area contributed by atoms with E-state index in [4.69, 9.17) is 0 Å². The average molecular weight is 281 g/mol. The summed E-state index contributed by atoms with van der Waals surface area (Å²) >= 11 is 1.78. The van der Waals surface area contributed by atoms with Crippen molar-refractivity contribution in [2.45, 2.75) is 37.2 Å². The molecule has 0 heterocycles. The highest BCUT2D eigenvalue weighted by Gasteiger charge is 2.09. The van der Waals surface area contributed by atoms with Crippen LogP contribution < -0.4 is 0 Å². The van der Waals surface area contributed by atoms with Gasteiger partial charge in [-0.05, 0) is 37.7 Å². The molecular weight excluding hydrogens is 258 g/mol. The third kappa shape index (κ3) is 7.23. The number of amides is 1. The van der Waals surface area contributed by atoms with E-state index in [1.54, 1.807) is 30.6 Å². The van der Waals surface area contributed by atoms with E-state index in [-0.39, 0.29) is 12.0 Å². The van der Waals surface area contributed by atoms with Gasteiger partial charge >= 0.3 is 0 Å². The molecule has 0 bridgehead atoms. The highest BCUT2D eigenvalue weighted by atomic mass is 32.2. The van der Waals surface area contributed by atoms with Gasteiger partial charge in [-0.25, -0.2) is 0 Å². The lowest BCUT2D eigenvalue weighted by atomic mass is 10.2. The summed E-state index contributed by atoms with van der Waals surface area (Å²) in [5, 5.41) is 9.18. The second-order valence-electron chi connectivity index (χ2n) is 4.72. The first kappa shape index (κ1) is 16.1. The quantitative estimate of drug-likeness (QED) is 0.588. The predicted molar refractivity (Wildman–Crippen MR) is 80.3 cm³/mol. The summed E-state index contributed by atoms with van der Waals surface area (Å²) in [6.45, 7) is 2.37. The molecule has 0 aliphatic heterocycles. The van der Waals surface area contributed by atoms with Crippen molar-refractivity contribution < 1.29 is 9.90 Å². The largest absolute Gasteiger partial charge is 0.393 e. The second-order valence-corrected chi connectivity index (χ2v) is 5.89. The fraction of sp³-hybridized carbons (Fsp3) is 0.533. The molecule has 0 fully saturated rings. The van der Waals surface area contributed by atoms with Crippen LogP contribution >= 0.6 is 11.8 Å². The molecule has 0 saturated heterocycles. The summed E-state index contributed by atoms with van der Waals surface area (Å²) < 4.78 is 0. The molecule has 0 aliphatic carbocycles. The number of carbonyl (C=O) groups is 1. The zero-order chi connectivity index (χ0) is 14.1. The van der Waals surface area contributed by atoms with Gasteiger partial charge in [0.2, 0.25) is 5.91 Å². The Hall–Kier alpha value is -1.00. The first-order valence-corrected chi connectivity index (χ1v) is 7.68. The highest BCUT2D eigenvalue weighted by Crippen LogP contribution is 2.18. The Labute approximate surface area is 120 Å². The van der Waals surface area contributed by atoms with Crippen molar-refractivity contribution in [3.63, 3.8) is 0 Å². The average Bonchev–Trinajstić information content (AvgIpc) is 2.41. The lowest BCUT2D eigenvalue weighted by Gasteiger charge is -2.17. The number of rotatable bonds is 8. The van der Waals surface area contributed by atoms with E-state index in [1.165, 1.54) is 4.90 Å². The van der Waals surface area contributed by atoms with Crippen molar-refractivity contribution in [3.05, 3.63) is 30.3 Å². The summed E-state index contributed by atoms with van der Waals surface area (Å²) in [6, 6.07) is 10.2. The predicted octanol–water partition coefficient (Wildman–Crippen LogP) is 2.79. The molecular formula is C15H23NO2S. The zero-order valence-electron chi connectivity index (χ0n) is 11.7. The zero-order valence-corrected chi connectivity index (χ0v) is 12.5. The molecule has 1 N–H and O–H groups in total. The van der Waals surface area contributed by atoms with Crippen molar-refractivity contribution in [1.29, 1.82) is 0 Å². The molecule has 1 atom stereocenters. The van der Waals surface area contributed by atoms with Crippen LogP contribution in [0.5, 0.6) is 0 Å². The summed E-state index contributed by atoms with van der Waals surface area (Å²) in [4.78, 5) is 14.8. The van der Waals surface area contributed by atoms with Gasteiger partial charge in [0.25, 0.3) is 0 Å². The fourth-order valence-electron chi connectivity index (χ4n) is 1.63. The Balaban J connectivity index is 2.13. The molecule has 4 heteroatoms. The Morgan fingerprint density at radius 1 is 1.37 bits per heavy atom. The van der Waals surface area contributed by atoms with Crippen molar-refractivity contribution in [2.75, 3.05) is 19.3 Å². The van der Waals surface area contributed by atoms with Gasteiger partial charge in [0, 0.05) is 24.9 Å². The lowest BCUT2D eigenvalue weighted by Crippen LogP contribution is -2.29. The van der Waals surface area contributed by atoms with Gasteiger partial charge in [0.1, 0.15) is 0 Å². The normalized spacial score (nSPS) is 12.2. The van der Waals surface area contributed by atoms with Gasteiger partial charge in [-0.1, -0.05) is 18.2 Å². The Kier molecular flexibility index (Phi) is 7.60. The van der Waals surface area contributed by atoms with E-state index in [1.807, 2.05) is 18.2 Å². The van der Waals surface area contributed by atoms with Gasteiger partial charge < -0.3 is 10.0 Å². The summed E-state index contributed by atoms with van der Waals surface area (Å²) in [7, 11) is 1.80. The second kappa shape index (κ2) is 8.99. The maximum absolute atomic E-state index is 11.8. The van der Waals surface area contributed by atoms with E-state index < -0.39 is 0 Å². The maximum atomic E-state index is 11.8. The van der Waals surface area contributed by atoms with Crippen LogP contribution in [0, 0.1) is 0 Å². The summed E-state index contributed by atoms with van der Waals surface area (Å²) in [5.41, 5.74) is 0. The van der Waals surface area contributed by atoms with Crippen molar-refractivity contribution >= 4 is 17.7 Å². The van der Waals surface area contributed by atoms with Gasteiger partial charge in [0.15, 0.2) is 0 Å². The lowest BCUT2D eigenvalue weighted by molar-refractivity contribution is -0.130. The van der Waals surface area contributed by atoms with E-state index in [0.29, 0.717) is 19.4 Å². The van der Waals surface area contributed by atoms with Crippen molar-refractivity contribution in [2.24, 2.45) is 0 Å². The van der Waals surface area contributed by atoms with Gasteiger partial charge in [-0.3, -0.25) is 4.79 Å². The van der Waals surface area contributed by atoms with Gasteiger partial charge in [-0.15, -0.1) is 11.8 Å². The number of benzene rings is 1. The van der Waals surface area contributed by atoms with Crippen molar-refractivity contribution in [3.8, 4) is 0 Å². The third-order valence-corrected chi connectivity index (χ3v) is 3.95. The van der Waals surface area contributed by atoms with Crippen LogP contribution in [0.25, 0.3) is 0 Å². The smallest absolute Gasteiger partial charge is 0.222 e. The number of hydrogen-bond acceptors (Lipinski definition) is 3. The number of carbonyl (C=O) groups excluding carboxylic acids is 1. The molecule has 0 aromatic heterocycles. The topological polar surface area (TPSA) is 40.5 Å². The van der Waals surface area contributed by atoms with E-state index in [2.05, 4.69) is 12.1 Å². The van der Waals surface area contributed by atoms with Crippen molar-refractivity contribution in [1.82, 2.24) is 4.90 Å². The minimum absolute atomic E-state index is 0.161. The molecule has 1 amide bonds. The summed E-state index contributed by atoms with van der Waals surface area (Å²) in [5.74, 6) is 1.12. The number of thioether (sulfide) groups is 1.